The largest absolute Gasteiger partial charge is 0.462 e. The van der Waals surface area contributed by atoms with E-state index in [1.807, 2.05) is 11.8 Å². The number of nitrogens with zero attached hydrogens (tertiary/aromatic N) is 2. The second-order valence-electron chi connectivity index (χ2n) is 4.72. The molecular weight excluding hydrogens is 296 g/mol. The van der Waals surface area contributed by atoms with Crippen LogP contribution in [0.15, 0.2) is 6.20 Å². The average molecular weight is 315 g/mol. The number of thioether (sulfide) groups is 1. The average Bonchev–Trinajstić information content (AvgIpc) is 2.98. The van der Waals surface area contributed by atoms with E-state index in [-0.39, 0.29) is 5.88 Å². The van der Waals surface area contributed by atoms with Crippen molar-refractivity contribution in [2.75, 3.05) is 6.61 Å². The zero-order chi connectivity index (χ0) is 14.4. The number of hydrogen-bond acceptors (Lipinski definition) is 5. The van der Waals surface area contributed by atoms with Crippen LogP contribution in [0.5, 0.6) is 0 Å². The third kappa shape index (κ3) is 4.09. The van der Waals surface area contributed by atoms with Crippen molar-refractivity contribution in [1.82, 2.24) is 9.97 Å². The van der Waals surface area contributed by atoms with Gasteiger partial charge in [-0.05, 0) is 19.8 Å². The summed E-state index contributed by atoms with van der Waals surface area (Å²) in [6, 6.07) is 0. The lowest BCUT2D eigenvalue weighted by atomic mass is 10.2. The Bertz CT molecular complexity index is 464. The molecule has 2 rings (SSSR count). The number of aromatic nitrogens is 2. The Kier molecular flexibility index (Phi) is 6.10. The summed E-state index contributed by atoms with van der Waals surface area (Å²) in [6.45, 7) is 2.10. The molecule has 0 amide bonds. The van der Waals surface area contributed by atoms with E-state index in [4.69, 9.17) is 16.3 Å². The molecule has 0 bridgehead atoms. The molecule has 0 aromatic carbocycles. The molecule has 0 spiro atoms. The molecular formula is C14H19ClN2O2S. The molecule has 1 aromatic heterocycles. The predicted octanol–water partition coefficient (Wildman–Crippen LogP) is 3.57. The van der Waals surface area contributed by atoms with Gasteiger partial charge < -0.3 is 4.74 Å². The number of carbonyl (C=O) groups excluding carboxylic acids is 1. The predicted molar refractivity (Wildman–Crippen MR) is 81.1 cm³/mol. The van der Waals surface area contributed by atoms with Crippen LogP contribution >= 0.6 is 23.4 Å². The highest BCUT2D eigenvalue weighted by atomic mass is 35.5. The maximum absolute atomic E-state index is 11.7. The summed E-state index contributed by atoms with van der Waals surface area (Å²) in [5.74, 6) is 1.30. The van der Waals surface area contributed by atoms with E-state index >= 15 is 0 Å². The van der Waals surface area contributed by atoms with Crippen LogP contribution in [0.25, 0.3) is 0 Å². The Labute approximate surface area is 128 Å². The first-order valence-corrected chi connectivity index (χ1v) is 8.52. The summed E-state index contributed by atoms with van der Waals surface area (Å²) >= 11 is 7.77. The third-order valence-corrected chi connectivity index (χ3v) is 4.91. The fourth-order valence-electron chi connectivity index (χ4n) is 2.26. The Balaban J connectivity index is 2.02. The summed E-state index contributed by atoms with van der Waals surface area (Å²) in [5.41, 5.74) is 0.929. The van der Waals surface area contributed by atoms with Gasteiger partial charge in [0.25, 0.3) is 0 Å². The van der Waals surface area contributed by atoms with Crippen LogP contribution in [0.1, 0.15) is 54.5 Å². The highest BCUT2D eigenvalue weighted by molar-refractivity contribution is 7.99. The van der Waals surface area contributed by atoms with Gasteiger partial charge in [-0.2, -0.15) is 11.8 Å². The van der Waals surface area contributed by atoms with E-state index in [2.05, 4.69) is 9.97 Å². The Hall–Kier alpha value is -0.810. The standard InChI is InChI=1S/C14H19ClN2O2S/c1-2-19-14(18)11-8-16-13(17-12(11)7-15)9-20-10-5-3-4-6-10/h8,10H,2-7,9H2,1H3. The molecule has 1 heterocycles. The van der Waals surface area contributed by atoms with E-state index in [1.165, 1.54) is 31.9 Å². The van der Waals surface area contributed by atoms with Gasteiger partial charge in [-0.3, -0.25) is 0 Å². The van der Waals surface area contributed by atoms with Gasteiger partial charge in [0.05, 0.1) is 23.9 Å². The number of rotatable bonds is 6. The van der Waals surface area contributed by atoms with E-state index in [1.54, 1.807) is 6.92 Å². The lowest BCUT2D eigenvalue weighted by Gasteiger charge is -2.10. The highest BCUT2D eigenvalue weighted by Gasteiger charge is 2.18. The zero-order valence-corrected chi connectivity index (χ0v) is 13.2. The first-order chi connectivity index (χ1) is 9.74. The molecule has 0 saturated heterocycles. The molecule has 0 N–H and O–H groups in total. The van der Waals surface area contributed by atoms with Crippen molar-refractivity contribution >= 4 is 29.3 Å². The summed E-state index contributed by atoms with van der Waals surface area (Å²) in [7, 11) is 0. The number of hydrogen-bond donors (Lipinski definition) is 0. The summed E-state index contributed by atoms with van der Waals surface area (Å²) in [4.78, 5) is 20.4. The monoisotopic (exact) mass is 314 g/mol. The fraction of sp³-hybridized carbons (Fsp3) is 0.643. The highest BCUT2D eigenvalue weighted by Crippen LogP contribution is 2.31. The minimum absolute atomic E-state index is 0.192. The van der Waals surface area contributed by atoms with Crippen molar-refractivity contribution in [2.45, 2.75) is 49.5 Å². The minimum Gasteiger partial charge on any atom is -0.462 e. The lowest BCUT2D eigenvalue weighted by Crippen LogP contribution is -2.11. The normalized spacial score (nSPS) is 15.5. The number of ether oxygens (including phenoxy) is 1. The van der Waals surface area contributed by atoms with Gasteiger partial charge in [0.1, 0.15) is 11.4 Å². The molecule has 20 heavy (non-hydrogen) atoms. The van der Waals surface area contributed by atoms with Crippen LogP contribution < -0.4 is 0 Å². The van der Waals surface area contributed by atoms with Gasteiger partial charge in [0, 0.05) is 11.4 Å². The van der Waals surface area contributed by atoms with Crippen LogP contribution in [0.2, 0.25) is 0 Å². The second kappa shape index (κ2) is 7.84. The van der Waals surface area contributed by atoms with Crippen LogP contribution in [-0.2, 0) is 16.4 Å². The maximum atomic E-state index is 11.7. The van der Waals surface area contributed by atoms with Crippen molar-refractivity contribution < 1.29 is 9.53 Å². The van der Waals surface area contributed by atoms with Gasteiger partial charge in [-0.1, -0.05) is 12.8 Å². The molecule has 110 valence electrons. The first-order valence-electron chi connectivity index (χ1n) is 6.94. The molecule has 1 fully saturated rings. The molecule has 0 aliphatic heterocycles. The summed E-state index contributed by atoms with van der Waals surface area (Å²) in [5, 5.41) is 0.725. The molecule has 6 heteroatoms. The van der Waals surface area contributed by atoms with E-state index in [9.17, 15) is 4.79 Å². The number of halogens is 1. The zero-order valence-electron chi connectivity index (χ0n) is 11.6. The van der Waals surface area contributed by atoms with Crippen molar-refractivity contribution in [1.29, 1.82) is 0 Å². The molecule has 1 aromatic rings. The second-order valence-corrected chi connectivity index (χ2v) is 6.27. The van der Waals surface area contributed by atoms with Crippen LogP contribution in [-0.4, -0.2) is 27.8 Å². The van der Waals surface area contributed by atoms with Crippen LogP contribution in [0, 0.1) is 0 Å². The Morgan fingerprint density at radius 2 is 2.25 bits per heavy atom. The molecule has 1 aliphatic carbocycles. The molecule has 4 nitrogen and oxygen atoms in total. The van der Waals surface area contributed by atoms with Crippen LogP contribution in [0.3, 0.4) is 0 Å². The summed E-state index contributed by atoms with van der Waals surface area (Å²) in [6.07, 6.45) is 6.76. The van der Waals surface area contributed by atoms with Crippen molar-refractivity contribution in [3.63, 3.8) is 0 Å². The topological polar surface area (TPSA) is 52.1 Å². The SMILES string of the molecule is CCOC(=O)c1cnc(CSC2CCCC2)nc1CCl. The first kappa shape index (κ1) is 15.6. The lowest BCUT2D eigenvalue weighted by molar-refractivity contribution is 0.0524. The van der Waals surface area contributed by atoms with E-state index < -0.39 is 5.97 Å². The minimum atomic E-state index is -0.404. The van der Waals surface area contributed by atoms with Crippen molar-refractivity contribution in [2.24, 2.45) is 0 Å². The number of carbonyl (C=O) groups is 1. The van der Waals surface area contributed by atoms with E-state index in [0.29, 0.717) is 17.9 Å². The number of alkyl halides is 1. The van der Waals surface area contributed by atoms with Gasteiger partial charge in [-0.25, -0.2) is 14.8 Å². The Morgan fingerprint density at radius 3 is 2.90 bits per heavy atom. The van der Waals surface area contributed by atoms with Crippen molar-refractivity contribution in [3.8, 4) is 0 Å². The molecule has 1 aliphatic rings. The van der Waals surface area contributed by atoms with E-state index in [0.717, 1.165) is 16.8 Å². The smallest absolute Gasteiger partial charge is 0.341 e. The Morgan fingerprint density at radius 1 is 1.50 bits per heavy atom. The molecule has 1 saturated carbocycles. The fourth-order valence-corrected chi connectivity index (χ4v) is 3.65. The molecule has 0 radical (unpaired) electrons. The quantitative estimate of drug-likeness (QED) is 0.593. The third-order valence-electron chi connectivity index (χ3n) is 3.29. The maximum Gasteiger partial charge on any atom is 0.341 e. The molecule has 0 unspecified atom stereocenters. The van der Waals surface area contributed by atoms with Crippen molar-refractivity contribution in [3.05, 3.63) is 23.3 Å². The van der Waals surface area contributed by atoms with Gasteiger partial charge in [-0.15, -0.1) is 11.6 Å². The summed E-state index contributed by atoms with van der Waals surface area (Å²) < 4.78 is 4.97. The van der Waals surface area contributed by atoms with Gasteiger partial charge in [0.2, 0.25) is 0 Å². The number of esters is 1. The van der Waals surface area contributed by atoms with Gasteiger partial charge in [0.15, 0.2) is 0 Å². The van der Waals surface area contributed by atoms with Gasteiger partial charge >= 0.3 is 5.97 Å². The molecule has 0 atom stereocenters. The van der Waals surface area contributed by atoms with Crippen LogP contribution in [0.4, 0.5) is 0 Å².